The lowest BCUT2D eigenvalue weighted by molar-refractivity contribution is -0.121. The summed E-state index contributed by atoms with van der Waals surface area (Å²) in [4.78, 5) is 11.6. The van der Waals surface area contributed by atoms with Crippen LogP contribution in [0.1, 0.15) is 25.3 Å². The van der Waals surface area contributed by atoms with Crippen molar-refractivity contribution in [2.24, 2.45) is 11.8 Å². The molecule has 1 aromatic rings. The van der Waals surface area contributed by atoms with Crippen LogP contribution in [0.5, 0.6) is 0 Å². The smallest absolute Gasteiger partial charge is 0.136 e. The number of Topliss-reactive ketones (excluding diaryl/α,β-unsaturated/α-hetero) is 1. The molecule has 1 aromatic carbocycles. The van der Waals surface area contributed by atoms with E-state index in [1.165, 1.54) is 5.56 Å². The Morgan fingerprint density at radius 2 is 2.00 bits per heavy atom. The predicted molar refractivity (Wildman–Crippen MR) is 57.0 cm³/mol. The number of ketones is 1. The molecule has 1 saturated carbocycles. The lowest BCUT2D eigenvalue weighted by Crippen LogP contribution is -2.15. The number of rotatable bonds is 2. The van der Waals surface area contributed by atoms with Crippen LogP contribution in [-0.2, 0) is 11.2 Å². The normalized spacial score (nSPS) is 26.8. The molecule has 0 bridgehead atoms. The van der Waals surface area contributed by atoms with E-state index in [1.807, 2.05) is 18.2 Å². The lowest BCUT2D eigenvalue weighted by Gasteiger charge is -2.13. The van der Waals surface area contributed by atoms with Crippen molar-refractivity contribution >= 4 is 5.78 Å². The SMILES string of the molecule is C[C@H]1CCC(=O)[C@H]1Cc1ccccc1. The highest BCUT2D eigenvalue weighted by molar-refractivity contribution is 5.83. The fourth-order valence-electron chi connectivity index (χ4n) is 2.26. The van der Waals surface area contributed by atoms with Gasteiger partial charge in [-0.25, -0.2) is 0 Å². The number of hydrogen-bond acceptors (Lipinski definition) is 1. The minimum Gasteiger partial charge on any atom is -0.299 e. The number of carbonyl (C=O) groups is 1. The summed E-state index contributed by atoms with van der Waals surface area (Å²) >= 11 is 0. The number of hydrogen-bond donors (Lipinski definition) is 0. The number of benzene rings is 1. The Labute approximate surface area is 85.1 Å². The predicted octanol–water partition coefficient (Wildman–Crippen LogP) is 2.84. The molecule has 0 amide bonds. The van der Waals surface area contributed by atoms with Crippen LogP contribution in [-0.4, -0.2) is 5.78 Å². The molecule has 0 N–H and O–H groups in total. The minimum absolute atomic E-state index is 0.275. The molecule has 1 fully saturated rings. The Bertz CT molecular complexity index is 315. The van der Waals surface area contributed by atoms with Gasteiger partial charge in [0.25, 0.3) is 0 Å². The molecule has 2 atom stereocenters. The zero-order valence-corrected chi connectivity index (χ0v) is 8.57. The molecule has 1 heteroatoms. The van der Waals surface area contributed by atoms with Gasteiger partial charge in [-0.1, -0.05) is 37.3 Å². The van der Waals surface area contributed by atoms with Crippen molar-refractivity contribution in [3.8, 4) is 0 Å². The monoisotopic (exact) mass is 188 g/mol. The van der Waals surface area contributed by atoms with Crippen LogP contribution >= 0.6 is 0 Å². The Kier molecular flexibility index (Phi) is 2.67. The van der Waals surface area contributed by atoms with E-state index in [1.54, 1.807) is 0 Å². The van der Waals surface area contributed by atoms with Crippen molar-refractivity contribution in [2.45, 2.75) is 26.2 Å². The van der Waals surface area contributed by atoms with Crippen LogP contribution in [0.2, 0.25) is 0 Å². The molecule has 14 heavy (non-hydrogen) atoms. The molecule has 0 spiro atoms. The van der Waals surface area contributed by atoms with Crippen molar-refractivity contribution in [1.82, 2.24) is 0 Å². The standard InChI is InChI=1S/C13H16O/c1-10-7-8-13(14)12(10)9-11-5-3-2-4-6-11/h2-6,10,12H,7-9H2,1H3/t10-,12-/m0/s1. The first kappa shape index (κ1) is 9.45. The van der Waals surface area contributed by atoms with Crippen LogP contribution < -0.4 is 0 Å². The Morgan fingerprint density at radius 1 is 1.29 bits per heavy atom. The van der Waals surface area contributed by atoms with Gasteiger partial charge < -0.3 is 0 Å². The summed E-state index contributed by atoms with van der Waals surface area (Å²) in [5, 5.41) is 0. The second-order valence-electron chi connectivity index (χ2n) is 4.28. The van der Waals surface area contributed by atoms with Gasteiger partial charge in [0.1, 0.15) is 5.78 Å². The third kappa shape index (κ3) is 1.87. The molecule has 0 unspecified atom stereocenters. The van der Waals surface area contributed by atoms with Crippen LogP contribution in [0, 0.1) is 11.8 Å². The molecule has 1 aliphatic carbocycles. The lowest BCUT2D eigenvalue weighted by atomic mass is 9.90. The van der Waals surface area contributed by atoms with Crippen molar-refractivity contribution in [3.63, 3.8) is 0 Å². The van der Waals surface area contributed by atoms with E-state index >= 15 is 0 Å². The van der Waals surface area contributed by atoms with Gasteiger partial charge in [0.2, 0.25) is 0 Å². The highest BCUT2D eigenvalue weighted by Crippen LogP contribution is 2.30. The Balaban J connectivity index is 2.07. The summed E-state index contributed by atoms with van der Waals surface area (Å²) in [6.45, 7) is 2.19. The van der Waals surface area contributed by atoms with Gasteiger partial charge in [0.05, 0.1) is 0 Å². The molecule has 2 rings (SSSR count). The van der Waals surface area contributed by atoms with E-state index < -0.39 is 0 Å². The molecule has 0 saturated heterocycles. The molecule has 0 heterocycles. The topological polar surface area (TPSA) is 17.1 Å². The first-order valence-corrected chi connectivity index (χ1v) is 5.34. The average Bonchev–Trinajstić information content (AvgIpc) is 2.51. The van der Waals surface area contributed by atoms with Gasteiger partial charge in [-0.05, 0) is 24.3 Å². The van der Waals surface area contributed by atoms with Crippen molar-refractivity contribution in [3.05, 3.63) is 35.9 Å². The first-order chi connectivity index (χ1) is 6.77. The largest absolute Gasteiger partial charge is 0.299 e. The van der Waals surface area contributed by atoms with Crippen LogP contribution in [0.4, 0.5) is 0 Å². The van der Waals surface area contributed by atoms with Crippen LogP contribution in [0.3, 0.4) is 0 Å². The third-order valence-electron chi connectivity index (χ3n) is 3.24. The Morgan fingerprint density at radius 3 is 2.57 bits per heavy atom. The third-order valence-corrected chi connectivity index (χ3v) is 3.24. The maximum absolute atomic E-state index is 11.6. The van der Waals surface area contributed by atoms with Gasteiger partial charge in [0, 0.05) is 12.3 Å². The van der Waals surface area contributed by atoms with E-state index in [4.69, 9.17) is 0 Å². The molecule has 0 aromatic heterocycles. The first-order valence-electron chi connectivity index (χ1n) is 5.34. The van der Waals surface area contributed by atoms with Crippen LogP contribution in [0.15, 0.2) is 30.3 Å². The highest BCUT2D eigenvalue weighted by Gasteiger charge is 2.31. The molecule has 74 valence electrons. The van der Waals surface area contributed by atoms with Gasteiger partial charge in [-0.3, -0.25) is 4.79 Å². The summed E-state index contributed by atoms with van der Waals surface area (Å²) in [5.74, 6) is 1.31. The summed E-state index contributed by atoms with van der Waals surface area (Å²) < 4.78 is 0. The van der Waals surface area contributed by atoms with Gasteiger partial charge in [-0.2, -0.15) is 0 Å². The average molecular weight is 188 g/mol. The minimum atomic E-state index is 0.275. The maximum atomic E-state index is 11.6. The van der Waals surface area contributed by atoms with E-state index in [0.717, 1.165) is 19.3 Å². The Hall–Kier alpha value is -1.11. The van der Waals surface area contributed by atoms with E-state index in [0.29, 0.717) is 11.7 Å². The second-order valence-corrected chi connectivity index (χ2v) is 4.28. The molecule has 1 aliphatic rings. The zero-order chi connectivity index (χ0) is 9.97. The maximum Gasteiger partial charge on any atom is 0.136 e. The number of carbonyl (C=O) groups excluding carboxylic acids is 1. The van der Waals surface area contributed by atoms with Gasteiger partial charge in [-0.15, -0.1) is 0 Å². The van der Waals surface area contributed by atoms with E-state index in [9.17, 15) is 4.79 Å². The summed E-state index contributed by atoms with van der Waals surface area (Å²) in [6.07, 6.45) is 2.80. The summed E-state index contributed by atoms with van der Waals surface area (Å²) in [5.41, 5.74) is 1.29. The molecular weight excluding hydrogens is 172 g/mol. The molecule has 0 radical (unpaired) electrons. The van der Waals surface area contributed by atoms with Gasteiger partial charge >= 0.3 is 0 Å². The summed E-state index contributed by atoms with van der Waals surface area (Å²) in [7, 11) is 0. The van der Waals surface area contributed by atoms with Crippen molar-refractivity contribution in [2.75, 3.05) is 0 Å². The van der Waals surface area contributed by atoms with Gasteiger partial charge in [0.15, 0.2) is 0 Å². The molecule has 1 nitrogen and oxygen atoms in total. The van der Waals surface area contributed by atoms with Crippen molar-refractivity contribution in [1.29, 1.82) is 0 Å². The van der Waals surface area contributed by atoms with Crippen LogP contribution in [0.25, 0.3) is 0 Å². The molecular formula is C13H16O. The highest BCUT2D eigenvalue weighted by atomic mass is 16.1. The fourth-order valence-corrected chi connectivity index (χ4v) is 2.26. The van der Waals surface area contributed by atoms with Crippen molar-refractivity contribution < 1.29 is 4.79 Å². The summed E-state index contributed by atoms with van der Waals surface area (Å²) in [6, 6.07) is 10.3. The quantitative estimate of drug-likeness (QED) is 0.697. The van der Waals surface area contributed by atoms with E-state index in [2.05, 4.69) is 19.1 Å². The second kappa shape index (κ2) is 3.95. The zero-order valence-electron chi connectivity index (χ0n) is 8.57. The molecule has 0 aliphatic heterocycles. The fraction of sp³-hybridized carbons (Fsp3) is 0.462. The van der Waals surface area contributed by atoms with E-state index in [-0.39, 0.29) is 5.92 Å².